The highest BCUT2D eigenvalue weighted by atomic mass is 79.9. The molecule has 2 aromatic carbocycles. The fraction of sp³-hybridized carbons (Fsp3) is 0.294. The van der Waals surface area contributed by atoms with Gasteiger partial charge in [0.2, 0.25) is 0 Å². The maximum absolute atomic E-state index is 6.10. The molecule has 0 amide bonds. The first-order valence-electron chi connectivity index (χ1n) is 7.30. The average molecular weight is 346 g/mol. The summed E-state index contributed by atoms with van der Waals surface area (Å²) in [5.41, 5.74) is 13.3. The summed E-state index contributed by atoms with van der Waals surface area (Å²) in [6, 6.07) is 14.5. The van der Waals surface area contributed by atoms with Crippen molar-refractivity contribution in [2.75, 3.05) is 5.73 Å². The molecule has 3 rings (SSSR count). The first-order valence-corrected chi connectivity index (χ1v) is 8.09. The largest absolute Gasteiger partial charge is 0.398 e. The third-order valence-corrected chi connectivity index (χ3v) is 4.87. The fourth-order valence-corrected chi connectivity index (χ4v) is 3.24. The van der Waals surface area contributed by atoms with E-state index in [0.29, 0.717) is 0 Å². The molecule has 0 saturated heterocycles. The Balaban J connectivity index is 1.90. The van der Waals surface area contributed by atoms with Crippen LogP contribution in [0.2, 0.25) is 0 Å². The van der Waals surface area contributed by atoms with Gasteiger partial charge in [-0.05, 0) is 53.6 Å². The molecular formula is C17H20BrN3. The van der Waals surface area contributed by atoms with Crippen molar-refractivity contribution in [1.82, 2.24) is 5.43 Å². The molecule has 1 saturated carbocycles. The smallest absolute Gasteiger partial charge is 0.0730 e. The van der Waals surface area contributed by atoms with Gasteiger partial charge in [0.25, 0.3) is 0 Å². The fourth-order valence-electron chi connectivity index (χ4n) is 2.86. The average Bonchev–Trinajstić information content (AvgIpc) is 2.43. The van der Waals surface area contributed by atoms with E-state index < -0.39 is 0 Å². The van der Waals surface area contributed by atoms with Gasteiger partial charge in [-0.3, -0.25) is 5.84 Å². The lowest BCUT2D eigenvalue weighted by molar-refractivity contribution is 0.419. The van der Waals surface area contributed by atoms with E-state index in [2.05, 4.69) is 45.6 Å². The van der Waals surface area contributed by atoms with Gasteiger partial charge >= 0.3 is 0 Å². The number of benzene rings is 2. The summed E-state index contributed by atoms with van der Waals surface area (Å²) in [6.45, 7) is 0. The second-order valence-electron chi connectivity index (χ2n) is 5.67. The molecule has 1 fully saturated rings. The van der Waals surface area contributed by atoms with Gasteiger partial charge in [-0.1, -0.05) is 46.6 Å². The quantitative estimate of drug-likeness (QED) is 0.448. The van der Waals surface area contributed by atoms with Crippen LogP contribution in [0, 0.1) is 0 Å². The summed E-state index contributed by atoms with van der Waals surface area (Å²) < 4.78 is 0.998. The summed E-state index contributed by atoms with van der Waals surface area (Å²) in [5.74, 6) is 6.52. The minimum absolute atomic E-state index is 0.0991. The Morgan fingerprint density at radius 2 is 1.81 bits per heavy atom. The van der Waals surface area contributed by atoms with Crippen LogP contribution in [0.25, 0.3) is 0 Å². The summed E-state index contributed by atoms with van der Waals surface area (Å²) in [4.78, 5) is 0. The molecule has 3 nitrogen and oxygen atoms in total. The summed E-state index contributed by atoms with van der Waals surface area (Å²) >= 11 is 3.49. The van der Waals surface area contributed by atoms with Gasteiger partial charge in [0, 0.05) is 10.2 Å². The zero-order valence-electron chi connectivity index (χ0n) is 11.9. The predicted molar refractivity (Wildman–Crippen MR) is 90.8 cm³/mol. The van der Waals surface area contributed by atoms with E-state index in [4.69, 9.17) is 11.6 Å². The normalized spacial score (nSPS) is 16.5. The molecular weight excluding hydrogens is 326 g/mol. The Kier molecular flexibility index (Phi) is 4.29. The number of halogens is 1. The molecule has 110 valence electrons. The van der Waals surface area contributed by atoms with Crippen LogP contribution >= 0.6 is 15.9 Å². The molecule has 2 aromatic rings. The summed E-state index contributed by atoms with van der Waals surface area (Å²) in [6.07, 6.45) is 3.99. The molecule has 1 aliphatic carbocycles. The highest BCUT2D eigenvalue weighted by molar-refractivity contribution is 9.10. The number of nitrogen functional groups attached to an aromatic ring is 1. The Hall–Kier alpha value is -1.36. The lowest BCUT2D eigenvalue weighted by Gasteiger charge is -2.26. The van der Waals surface area contributed by atoms with Crippen LogP contribution in [0.1, 0.15) is 47.9 Å². The van der Waals surface area contributed by atoms with E-state index in [-0.39, 0.29) is 6.04 Å². The molecule has 0 bridgehead atoms. The Bertz CT molecular complexity index is 620. The molecule has 1 aliphatic rings. The zero-order chi connectivity index (χ0) is 14.8. The molecule has 21 heavy (non-hydrogen) atoms. The third-order valence-electron chi connectivity index (χ3n) is 4.37. The van der Waals surface area contributed by atoms with E-state index in [0.717, 1.165) is 27.2 Å². The molecule has 0 heterocycles. The monoisotopic (exact) mass is 345 g/mol. The van der Waals surface area contributed by atoms with Crippen molar-refractivity contribution in [3.8, 4) is 0 Å². The highest BCUT2D eigenvalue weighted by Crippen LogP contribution is 2.37. The van der Waals surface area contributed by atoms with Crippen molar-refractivity contribution >= 4 is 21.6 Å². The van der Waals surface area contributed by atoms with Crippen molar-refractivity contribution in [1.29, 1.82) is 0 Å². The van der Waals surface area contributed by atoms with E-state index >= 15 is 0 Å². The van der Waals surface area contributed by atoms with Gasteiger partial charge in [0.15, 0.2) is 0 Å². The summed E-state index contributed by atoms with van der Waals surface area (Å²) in [5, 5.41) is 0. The molecule has 1 unspecified atom stereocenters. The number of hydrogen-bond donors (Lipinski definition) is 3. The SMILES string of the molecule is NNC(c1ccc(C2CCC2)cc1)c1cc(Br)ccc1N. The van der Waals surface area contributed by atoms with E-state index in [1.165, 1.54) is 24.8 Å². The Labute approximate surface area is 133 Å². The standard InChI is InChI=1S/C17H20BrN3/c18-14-8-9-16(19)15(10-14)17(21-20)13-6-4-12(5-7-13)11-2-1-3-11/h4-11,17,21H,1-3,19-20H2. The lowest BCUT2D eigenvalue weighted by Crippen LogP contribution is -2.29. The Morgan fingerprint density at radius 3 is 2.38 bits per heavy atom. The van der Waals surface area contributed by atoms with E-state index in [9.17, 15) is 0 Å². The maximum Gasteiger partial charge on any atom is 0.0730 e. The molecule has 1 atom stereocenters. The molecule has 0 spiro atoms. The molecule has 0 aliphatic heterocycles. The minimum atomic E-state index is -0.0991. The van der Waals surface area contributed by atoms with Gasteiger partial charge < -0.3 is 5.73 Å². The van der Waals surface area contributed by atoms with Crippen LogP contribution in [0.3, 0.4) is 0 Å². The number of hydrazine groups is 1. The lowest BCUT2D eigenvalue weighted by atomic mass is 9.79. The van der Waals surface area contributed by atoms with Crippen LogP contribution in [0.5, 0.6) is 0 Å². The molecule has 0 radical (unpaired) electrons. The van der Waals surface area contributed by atoms with Crippen LogP contribution < -0.4 is 17.0 Å². The van der Waals surface area contributed by atoms with E-state index in [1.54, 1.807) is 0 Å². The van der Waals surface area contributed by atoms with Gasteiger partial charge in [0.1, 0.15) is 0 Å². The van der Waals surface area contributed by atoms with Gasteiger partial charge in [-0.15, -0.1) is 0 Å². The number of rotatable bonds is 4. The number of nitrogens with two attached hydrogens (primary N) is 2. The van der Waals surface area contributed by atoms with Gasteiger partial charge in [-0.2, -0.15) is 0 Å². The Morgan fingerprint density at radius 1 is 1.10 bits per heavy atom. The number of anilines is 1. The number of hydrogen-bond acceptors (Lipinski definition) is 3. The van der Waals surface area contributed by atoms with Crippen LogP contribution in [-0.2, 0) is 0 Å². The van der Waals surface area contributed by atoms with Crippen molar-refractivity contribution in [3.05, 3.63) is 63.6 Å². The second kappa shape index (κ2) is 6.18. The maximum atomic E-state index is 6.10. The first-order chi connectivity index (χ1) is 10.2. The zero-order valence-corrected chi connectivity index (χ0v) is 13.4. The van der Waals surface area contributed by atoms with Crippen LogP contribution in [-0.4, -0.2) is 0 Å². The third kappa shape index (κ3) is 2.98. The van der Waals surface area contributed by atoms with Crippen molar-refractivity contribution in [3.63, 3.8) is 0 Å². The predicted octanol–water partition coefficient (Wildman–Crippen LogP) is 3.85. The van der Waals surface area contributed by atoms with Crippen molar-refractivity contribution in [2.24, 2.45) is 5.84 Å². The van der Waals surface area contributed by atoms with Crippen LogP contribution in [0.4, 0.5) is 5.69 Å². The van der Waals surface area contributed by atoms with Gasteiger partial charge in [0.05, 0.1) is 6.04 Å². The van der Waals surface area contributed by atoms with Crippen molar-refractivity contribution in [2.45, 2.75) is 31.2 Å². The number of nitrogens with one attached hydrogen (secondary N) is 1. The van der Waals surface area contributed by atoms with Gasteiger partial charge in [-0.25, -0.2) is 5.43 Å². The summed E-state index contributed by atoms with van der Waals surface area (Å²) in [7, 11) is 0. The molecule has 4 heteroatoms. The van der Waals surface area contributed by atoms with Crippen molar-refractivity contribution < 1.29 is 0 Å². The second-order valence-corrected chi connectivity index (χ2v) is 6.58. The van der Waals surface area contributed by atoms with Crippen LogP contribution in [0.15, 0.2) is 46.9 Å². The molecule has 0 aromatic heterocycles. The van der Waals surface area contributed by atoms with E-state index in [1.807, 2.05) is 18.2 Å². The highest BCUT2D eigenvalue weighted by Gasteiger charge is 2.20. The topological polar surface area (TPSA) is 64.1 Å². The minimum Gasteiger partial charge on any atom is -0.398 e. The first kappa shape index (κ1) is 14.6. The molecule has 5 N–H and O–H groups in total.